The number of nitrogens with two attached hydrogens (primary N) is 1. The van der Waals surface area contributed by atoms with Gasteiger partial charge in [0.15, 0.2) is 0 Å². The first-order valence-corrected chi connectivity index (χ1v) is 5.70. The minimum Gasteiger partial charge on any atom is -0.398 e. The van der Waals surface area contributed by atoms with Gasteiger partial charge in [0.05, 0.1) is 18.3 Å². The molecule has 2 saturated heterocycles. The van der Waals surface area contributed by atoms with Crippen LogP contribution in [0, 0.1) is 0 Å². The molecule has 0 saturated carbocycles. The maximum absolute atomic E-state index is 9.55. The van der Waals surface area contributed by atoms with E-state index in [0.717, 1.165) is 50.7 Å². The third-order valence-electron chi connectivity index (χ3n) is 3.48. The second kappa shape index (κ2) is 3.28. The van der Waals surface area contributed by atoms with Crippen LogP contribution in [0.15, 0.2) is 11.5 Å². The highest BCUT2D eigenvalue weighted by atomic mass is 16.3. The molecule has 3 rings (SSSR count). The summed E-state index contributed by atoms with van der Waals surface area (Å²) in [5.74, 6) is 1.16. The molecule has 0 spiro atoms. The number of likely N-dealkylation sites (tertiary alicyclic amines) is 1. The number of hydrogen-bond donors (Lipinski definition) is 2. The average Bonchev–Trinajstić information content (AvgIpc) is 2.81. The van der Waals surface area contributed by atoms with Gasteiger partial charge in [-0.2, -0.15) is 0 Å². The maximum Gasteiger partial charge on any atom is 0.139 e. The highest BCUT2D eigenvalue weighted by molar-refractivity contribution is 5.18. The van der Waals surface area contributed by atoms with E-state index >= 15 is 0 Å². The monoisotopic (exact) mass is 210 g/mol. The molecule has 5 nitrogen and oxygen atoms in total. The minimum absolute atomic E-state index is 0.179. The van der Waals surface area contributed by atoms with E-state index in [1.165, 1.54) is 6.42 Å². The predicted molar refractivity (Wildman–Crippen MR) is 56.3 cm³/mol. The van der Waals surface area contributed by atoms with Gasteiger partial charge in [-0.25, -0.2) is 5.01 Å². The van der Waals surface area contributed by atoms with E-state index in [4.69, 9.17) is 5.73 Å². The van der Waals surface area contributed by atoms with Crippen molar-refractivity contribution in [1.29, 1.82) is 0 Å². The smallest absolute Gasteiger partial charge is 0.139 e. The molecule has 84 valence electrons. The fourth-order valence-electron chi connectivity index (χ4n) is 2.80. The highest BCUT2D eigenvalue weighted by Crippen LogP contribution is 2.30. The maximum atomic E-state index is 9.55. The summed E-state index contributed by atoms with van der Waals surface area (Å²) >= 11 is 0. The van der Waals surface area contributed by atoms with Gasteiger partial charge in [-0.1, -0.05) is 0 Å². The SMILES string of the molecule is NC1=C(N2CCC(O)C2)N2CCCN2C1. The van der Waals surface area contributed by atoms with Crippen LogP contribution < -0.4 is 5.73 Å². The van der Waals surface area contributed by atoms with Gasteiger partial charge in [-0.05, 0) is 12.8 Å². The fraction of sp³-hybridized carbons (Fsp3) is 0.800. The molecule has 5 heteroatoms. The number of nitrogens with zero attached hydrogens (tertiary/aromatic N) is 3. The van der Waals surface area contributed by atoms with Crippen molar-refractivity contribution < 1.29 is 5.11 Å². The number of β-amino-alcohol motifs (C(OH)–C–C–N with tert-alkyl or cyclic N) is 1. The van der Waals surface area contributed by atoms with Crippen LogP contribution in [0.3, 0.4) is 0 Å². The van der Waals surface area contributed by atoms with E-state index < -0.39 is 0 Å². The molecular weight excluding hydrogens is 192 g/mol. The molecule has 1 atom stereocenters. The lowest BCUT2D eigenvalue weighted by Crippen LogP contribution is -2.37. The lowest BCUT2D eigenvalue weighted by Gasteiger charge is -2.30. The van der Waals surface area contributed by atoms with Crippen LogP contribution in [0.25, 0.3) is 0 Å². The molecule has 0 bridgehead atoms. The van der Waals surface area contributed by atoms with E-state index in [9.17, 15) is 5.11 Å². The molecule has 3 heterocycles. The Morgan fingerprint density at radius 1 is 1.27 bits per heavy atom. The molecule has 0 radical (unpaired) electrons. The number of hydrazine groups is 1. The third-order valence-corrected chi connectivity index (χ3v) is 3.48. The van der Waals surface area contributed by atoms with Crippen LogP contribution in [-0.4, -0.2) is 58.9 Å². The summed E-state index contributed by atoms with van der Waals surface area (Å²) < 4.78 is 0. The van der Waals surface area contributed by atoms with Crippen molar-refractivity contribution in [2.24, 2.45) is 5.73 Å². The predicted octanol–water partition coefficient (Wildman–Crippen LogP) is -0.883. The van der Waals surface area contributed by atoms with Crippen molar-refractivity contribution in [2.75, 3.05) is 32.7 Å². The van der Waals surface area contributed by atoms with Gasteiger partial charge in [-0.15, -0.1) is 0 Å². The lowest BCUT2D eigenvalue weighted by atomic mass is 10.3. The van der Waals surface area contributed by atoms with Gasteiger partial charge in [0.2, 0.25) is 0 Å². The lowest BCUT2D eigenvalue weighted by molar-refractivity contribution is 0.0657. The third kappa shape index (κ3) is 1.38. The van der Waals surface area contributed by atoms with Crippen LogP contribution in [0.4, 0.5) is 0 Å². The van der Waals surface area contributed by atoms with E-state index in [0.29, 0.717) is 0 Å². The number of rotatable bonds is 1. The zero-order valence-electron chi connectivity index (χ0n) is 8.89. The van der Waals surface area contributed by atoms with Gasteiger partial charge >= 0.3 is 0 Å². The van der Waals surface area contributed by atoms with Gasteiger partial charge in [0.25, 0.3) is 0 Å². The van der Waals surface area contributed by atoms with Crippen molar-refractivity contribution in [3.8, 4) is 0 Å². The Hall–Kier alpha value is -0.940. The van der Waals surface area contributed by atoms with Gasteiger partial charge in [0, 0.05) is 26.2 Å². The fourth-order valence-corrected chi connectivity index (χ4v) is 2.80. The Morgan fingerprint density at radius 3 is 2.87 bits per heavy atom. The molecular formula is C10H18N4O. The molecule has 3 aliphatic rings. The summed E-state index contributed by atoms with van der Waals surface area (Å²) in [5, 5.41) is 14.1. The molecule has 15 heavy (non-hydrogen) atoms. The Bertz CT molecular complexity index is 304. The number of aliphatic hydroxyl groups is 1. The zero-order valence-corrected chi connectivity index (χ0v) is 8.89. The summed E-state index contributed by atoms with van der Waals surface area (Å²) in [6.07, 6.45) is 1.90. The Labute approximate surface area is 89.7 Å². The molecule has 1 unspecified atom stereocenters. The molecule has 3 aliphatic heterocycles. The number of fused-ring (bicyclic) bond motifs is 1. The van der Waals surface area contributed by atoms with E-state index in [-0.39, 0.29) is 6.10 Å². The molecule has 0 aromatic heterocycles. The number of hydrogen-bond acceptors (Lipinski definition) is 5. The summed E-state index contributed by atoms with van der Waals surface area (Å²) in [5.41, 5.74) is 7.03. The quantitative estimate of drug-likeness (QED) is 0.588. The van der Waals surface area contributed by atoms with Gasteiger partial charge < -0.3 is 15.7 Å². The van der Waals surface area contributed by atoms with E-state index in [2.05, 4.69) is 14.9 Å². The molecule has 2 fully saturated rings. The van der Waals surface area contributed by atoms with Crippen LogP contribution >= 0.6 is 0 Å². The first kappa shape index (κ1) is 9.30. The second-order valence-corrected chi connectivity index (χ2v) is 4.60. The number of aliphatic hydroxyl groups excluding tert-OH is 1. The topological polar surface area (TPSA) is 56.0 Å². The molecule has 0 aliphatic carbocycles. The molecule has 0 amide bonds. The Morgan fingerprint density at radius 2 is 2.13 bits per heavy atom. The first-order valence-electron chi connectivity index (χ1n) is 5.70. The van der Waals surface area contributed by atoms with Crippen LogP contribution in [0.5, 0.6) is 0 Å². The van der Waals surface area contributed by atoms with Gasteiger partial charge in [0.1, 0.15) is 5.82 Å². The normalized spacial score (nSPS) is 31.9. The summed E-state index contributed by atoms with van der Waals surface area (Å²) in [4.78, 5) is 2.23. The van der Waals surface area contributed by atoms with Crippen LogP contribution in [0.1, 0.15) is 12.8 Å². The largest absolute Gasteiger partial charge is 0.398 e. The molecule has 0 aromatic rings. The Balaban J connectivity index is 1.81. The van der Waals surface area contributed by atoms with Crippen molar-refractivity contribution in [3.05, 3.63) is 11.5 Å². The van der Waals surface area contributed by atoms with Crippen molar-refractivity contribution in [1.82, 2.24) is 14.9 Å². The van der Waals surface area contributed by atoms with Crippen molar-refractivity contribution >= 4 is 0 Å². The van der Waals surface area contributed by atoms with E-state index in [1.807, 2.05) is 0 Å². The average molecular weight is 210 g/mol. The van der Waals surface area contributed by atoms with Crippen molar-refractivity contribution in [3.63, 3.8) is 0 Å². The van der Waals surface area contributed by atoms with E-state index in [1.54, 1.807) is 0 Å². The summed E-state index contributed by atoms with van der Waals surface area (Å²) in [7, 11) is 0. The van der Waals surface area contributed by atoms with Gasteiger partial charge in [-0.3, -0.25) is 5.01 Å². The van der Waals surface area contributed by atoms with Crippen LogP contribution in [-0.2, 0) is 0 Å². The van der Waals surface area contributed by atoms with Crippen molar-refractivity contribution in [2.45, 2.75) is 18.9 Å². The summed E-state index contributed by atoms with van der Waals surface area (Å²) in [6.45, 7) is 4.72. The summed E-state index contributed by atoms with van der Waals surface area (Å²) in [6, 6.07) is 0. The second-order valence-electron chi connectivity index (χ2n) is 4.60. The van der Waals surface area contributed by atoms with Crippen LogP contribution in [0.2, 0.25) is 0 Å². The molecule has 3 N–H and O–H groups in total. The molecule has 0 aromatic carbocycles. The standard InChI is InChI=1S/C10H18N4O/c11-9-7-13-3-1-4-14(13)10(9)12-5-2-8(15)6-12/h8,15H,1-7,11H2. The minimum atomic E-state index is -0.179. The zero-order chi connectivity index (χ0) is 10.4. The first-order chi connectivity index (χ1) is 7.25. The Kier molecular flexibility index (Phi) is 2.03. The highest BCUT2D eigenvalue weighted by Gasteiger charge is 2.37.